The lowest BCUT2D eigenvalue weighted by atomic mass is 10.2. The highest BCUT2D eigenvalue weighted by atomic mass is 15.0. The maximum Gasteiger partial charge on any atom is 0.146 e. The molecule has 1 aromatic carbocycles. The summed E-state index contributed by atoms with van der Waals surface area (Å²) in [6, 6.07) is 10.2. The summed E-state index contributed by atoms with van der Waals surface area (Å²) in [4.78, 5) is 9.04. The molecule has 0 unspecified atom stereocenters. The van der Waals surface area contributed by atoms with E-state index in [4.69, 9.17) is 0 Å². The van der Waals surface area contributed by atoms with Gasteiger partial charge >= 0.3 is 0 Å². The second-order valence-electron chi connectivity index (χ2n) is 4.59. The highest BCUT2D eigenvalue weighted by Gasteiger charge is 2.02. The van der Waals surface area contributed by atoms with E-state index in [1.807, 2.05) is 37.5 Å². The van der Waals surface area contributed by atoms with Crippen LogP contribution in [0.2, 0.25) is 0 Å². The van der Waals surface area contributed by atoms with Gasteiger partial charge in [-0.2, -0.15) is 0 Å². The molecule has 0 saturated heterocycles. The van der Waals surface area contributed by atoms with Crippen molar-refractivity contribution in [2.24, 2.45) is 9.98 Å². The number of hydrogen-bond acceptors (Lipinski definition) is 2. The molecule has 1 N–H and O–H groups in total. The zero-order chi connectivity index (χ0) is 13.5. The number of aliphatic imine (C=N–C) groups is 2. The van der Waals surface area contributed by atoms with Gasteiger partial charge in [-0.25, -0.2) is 0 Å². The van der Waals surface area contributed by atoms with Crippen LogP contribution in [0, 0.1) is 0 Å². The van der Waals surface area contributed by atoms with E-state index in [1.165, 1.54) is 11.1 Å². The third kappa shape index (κ3) is 4.21. The summed E-state index contributed by atoms with van der Waals surface area (Å²) in [5.74, 6) is 0.825. The number of nitrogens with one attached hydrogen (secondary N) is 1. The molecule has 0 amide bonds. The van der Waals surface area contributed by atoms with E-state index in [2.05, 4.69) is 40.4 Å². The molecule has 1 heterocycles. The molecule has 0 bridgehead atoms. The van der Waals surface area contributed by atoms with Gasteiger partial charge in [0.2, 0.25) is 0 Å². The van der Waals surface area contributed by atoms with Crippen LogP contribution in [-0.2, 0) is 6.54 Å². The van der Waals surface area contributed by atoms with Crippen LogP contribution < -0.4 is 5.32 Å². The van der Waals surface area contributed by atoms with Crippen molar-refractivity contribution < 1.29 is 0 Å². The number of rotatable bonds is 2. The molecular formula is C16H19N3. The summed E-state index contributed by atoms with van der Waals surface area (Å²) in [5, 5.41) is 3.21. The first kappa shape index (κ1) is 13.3. The van der Waals surface area contributed by atoms with Crippen molar-refractivity contribution in [3.8, 4) is 0 Å². The predicted octanol–water partition coefficient (Wildman–Crippen LogP) is 3.46. The van der Waals surface area contributed by atoms with Gasteiger partial charge in [-0.05, 0) is 32.0 Å². The maximum atomic E-state index is 4.60. The van der Waals surface area contributed by atoms with Crippen molar-refractivity contribution in [3.63, 3.8) is 0 Å². The molecule has 2 rings (SSSR count). The van der Waals surface area contributed by atoms with E-state index in [1.54, 1.807) is 0 Å². The molecule has 0 fully saturated rings. The molecule has 0 atom stereocenters. The van der Waals surface area contributed by atoms with Crippen molar-refractivity contribution in [2.45, 2.75) is 26.8 Å². The lowest BCUT2D eigenvalue weighted by Crippen LogP contribution is -2.25. The Balaban J connectivity index is 2.17. The highest BCUT2D eigenvalue weighted by molar-refractivity contribution is 6.40. The summed E-state index contributed by atoms with van der Waals surface area (Å²) in [7, 11) is 0. The molecule has 98 valence electrons. The molecule has 19 heavy (non-hydrogen) atoms. The predicted molar refractivity (Wildman–Crippen MR) is 81.3 cm³/mol. The van der Waals surface area contributed by atoms with E-state index < -0.39 is 0 Å². The van der Waals surface area contributed by atoms with E-state index in [9.17, 15) is 0 Å². The van der Waals surface area contributed by atoms with Crippen LogP contribution in [0.1, 0.15) is 25.8 Å². The van der Waals surface area contributed by atoms with Gasteiger partial charge in [-0.3, -0.25) is 9.98 Å². The van der Waals surface area contributed by atoms with E-state index in [0.717, 1.165) is 18.0 Å². The van der Waals surface area contributed by atoms with Crippen LogP contribution in [0.3, 0.4) is 0 Å². The lowest BCUT2D eigenvalue weighted by Gasteiger charge is -2.05. The zero-order valence-electron chi connectivity index (χ0n) is 11.4. The largest absolute Gasteiger partial charge is 0.346 e. The topological polar surface area (TPSA) is 36.8 Å². The second kappa shape index (κ2) is 6.69. The van der Waals surface area contributed by atoms with Crippen molar-refractivity contribution in [1.29, 1.82) is 0 Å². The van der Waals surface area contributed by atoms with Gasteiger partial charge in [0.25, 0.3) is 0 Å². The first-order valence-corrected chi connectivity index (χ1v) is 6.46. The SMILES string of the molecule is CC1=N/C=C(/C)C/C=C\NC1=NCc1ccccc1. The summed E-state index contributed by atoms with van der Waals surface area (Å²) < 4.78 is 0. The van der Waals surface area contributed by atoms with Crippen LogP contribution in [-0.4, -0.2) is 11.5 Å². The quantitative estimate of drug-likeness (QED) is 0.861. The smallest absolute Gasteiger partial charge is 0.146 e. The standard InChI is InChI=1S/C16H19N3/c1-13-7-6-10-17-16(14(2)18-11-13)19-12-15-8-4-3-5-9-15/h3-6,8-11H,7,12H2,1-2H3,(H,17,19)/b10-6-,13-11-,18-14?. The Bertz CT molecular complexity index is 536. The second-order valence-corrected chi connectivity index (χ2v) is 4.59. The molecule has 1 aromatic rings. The molecule has 0 aliphatic carbocycles. The summed E-state index contributed by atoms with van der Waals surface area (Å²) in [5.41, 5.74) is 3.34. The van der Waals surface area contributed by atoms with Gasteiger partial charge in [-0.15, -0.1) is 0 Å². The number of amidine groups is 1. The summed E-state index contributed by atoms with van der Waals surface area (Å²) in [6.45, 7) is 4.71. The third-order valence-corrected chi connectivity index (χ3v) is 2.86. The molecule has 3 nitrogen and oxygen atoms in total. The number of nitrogens with zero attached hydrogens (tertiary/aromatic N) is 2. The van der Waals surface area contributed by atoms with Crippen molar-refractivity contribution in [1.82, 2.24) is 5.32 Å². The van der Waals surface area contributed by atoms with Gasteiger partial charge in [0.05, 0.1) is 12.3 Å². The fraction of sp³-hybridized carbons (Fsp3) is 0.250. The third-order valence-electron chi connectivity index (χ3n) is 2.86. The van der Waals surface area contributed by atoms with Crippen LogP contribution in [0.5, 0.6) is 0 Å². The molecular weight excluding hydrogens is 234 g/mol. The Morgan fingerprint density at radius 3 is 2.79 bits per heavy atom. The molecule has 0 spiro atoms. The molecule has 0 radical (unpaired) electrons. The fourth-order valence-corrected chi connectivity index (χ4v) is 1.72. The van der Waals surface area contributed by atoms with Crippen molar-refractivity contribution in [2.75, 3.05) is 0 Å². The first-order chi connectivity index (χ1) is 9.25. The van der Waals surface area contributed by atoms with Crippen molar-refractivity contribution >= 4 is 11.5 Å². The van der Waals surface area contributed by atoms with Crippen LogP contribution >= 0.6 is 0 Å². The Morgan fingerprint density at radius 2 is 2.00 bits per heavy atom. The Kier molecular flexibility index (Phi) is 4.67. The molecule has 1 aliphatic rings. The average molecular weight is 253 g/mol. The first-order valence-electron chi connectivity index (χ1n) is 6.46. The van der Waals surface area contributed by atoms with Gasteiger partial charge in [-0.1, -0.05) is 42.0 Å². The zero-order valence-corrected chi connectivity index (χ0v) is 11.4. The summed E-state index contributed by atoms with van der Waals surface area (Å²) in [6.07, 6.45) is 6.84. The molecule has 3 heteroatoms. The highest BCUT2D eigenvalue weighted by Crippen LogP contribution is 2.04. The Hall–Kier alpha value is -2.16. The van der Waals surface area contributed by atoms with Crippen LogP contribution in [0.4, 0.5) is 0 Å². The van der Waals surface area contributed by atoms with Crippen molar-refractivity contribution in [3.05, 3.63) is 59.9 Å². The minimum absolute atomic E-state index is 0.659. The van der Waals surface area contributed by atoms with Crippen LogP contribution in [0.25, 0.3) is 0 Å². The molecule has 1 aliphatic heterocycles. The van der Waals surface area contributed by atoms with Gasteiger partial charge in [0.1, 0.15) is 5.84 Å². The Labute approximate surface area is 114 Å². The minimum atomic E-state index is 0.659. The molecule has 0 saturated carbocycles. The van der Waals surface area contributed by atoms with E-state index >= 15 is 0 Å². The van der Waals surface area contributed by atoms with Gasteiger partial charge < -0.3 is 5.32 Å². The monoisotopic (exact) mass is 253 g/mol. The fourth-order valence-electron chi connectivity index (χ4n) is 1.72. The number of allylic oxidation sites excluding steroid dienone is 2. The normalized spacial score (nSPS) is 22.3. The van der Waals surface area contributed by atoms with E-state index in [-0.39, 0.29) is 0 Å². The van der Waals surface area contributed by atoms with Crippen LogP contribution in [0.15, 0.2) is 64.4 Å². The van der Waals surface area contributed by atoms with Gasteiger partial charge in [0.15, 0.2) is 0 Å². The lowest BCUT2D eigenvalue weighted by molar-refractivity contribution is 1.05. The summed E-state index contributed by atoms with van der Waals surface area (Å²) >= 11 is 0. The Morgan fingerprint density at radius 1 is 1.21 bits per heavy atom. The maximum absolute atomic E-state index is 4.60. The minimum Gasteiger partial charge on any atom is -0.346 e. The number of benzene rings is 1. The van der Waals surface area contributed by atoms with E-state index in [0.29, 0.717) is 6.54 Å². The van der Waals surface area contributed by atoms with Gasteiger partial charge in [0, 0.05) is 6.20 Å². The molecule has 0 aromatic heterocycles. The average Bonchev–Trinajstić information content (AvgIpc) is 2.51. The number of hydrogen-bond donors (Lipinski definition) is 1.